The number of carbonyl (C=O) groups is 1. The number of alkyl halides is 3. The Kier molecular flexibility index (Phi) is 3.23. The molecule has 0 spiro atoms. The number of benzene rings is 1. The maximum Gasteiger partial charge on any atom is 0.416 e. The number of hydrogen-bond acceptors (Lipinski definition) is 2. The first-order chi connectivity index (χ1) is 8.47. The van der Waals surface area contributed by atoms with Gasteiger partial charge in [0.15, 0.2) is 5.78 Å². The van der Waals surface area contributed by atoms with Crippen molar-refractivity contribution < 1.29 is 22.4 Å². The molecule has 0 N–H and O–H groups in total. The van der Waals surface area contributed by atoms with Gasteiger partial charge in [-0.2, -0.15) is 13.2 Å². The summed E-state index contributed by atoms with van der Waals surface area (Å²) >= 11 is 0. The second kappa shape index (κ2) is 4.68. The van der Waals surface area contributed by atoms with Gasteiger partial charge in [-0.05, 0) is 23.8 Å². The number of furan rings is 1. The Morgan fingerprint density at radius 1 is 1.11 bits per heavy atom. The van der Waals surface area contributed by atoms with E-state index in [0.29, 0.717) is 11.1 Å². The van der Waals surface area contributed by atoms with Crippen molar-refractivity contribution in [1.82, 2.24) is 0 Å². The van der Waals surface area contributed by atoms with E-state index in [0.717, 1.165) is 12.1 Å². The zero-order valence-electron chi connectivity index (χ0n) is 9.20. The maximum absolute atomic E-state index is 12.3. The fraction of sp³-hybridized carbons (Fsp3) is 0.154. The first-order valence-electron chi connectivity index (χ1n) is 5.18. The molecule has 18 heavy (non-hydrogen) atoms. The Hall–Kier alpha value is -2.04. The van der Waals surface area contributed by atoms with Gasteiger partial charge < -0.3 is 4.42 Å². The van der Waals surface area contributed by atoms with E-state index >= 15 is 0 Å². The van der Waals surface area contributed by atoms with Gasteiger partial charge in [-0.3, -0.25) is 4.79 Å². The van der Waals surface area contributed by atoms with Gasteiger partial charge in [0.2, 0.25) is 0 Å². The van der Waals surface area contributed by atoms with E-state index in [9.17, 15) is 18.0 Å². The SMILES string of the molecule is O=C(Cc1ccc(C(F)(F)F)cc1)c1ccoc1. The molecule has 94 valence electrons. The number of Topliss-reactive ketones (excluding diaryl/α,β-unsaturated/α-hetero) is 1. The van der Waals surface area contributed by atoms with Gasteiger partial charge >= 0.3 is 6.18 Å². The van der Waals surface area contributed by atoms with Gasteiger partial charge in [-0.1, -0.05) is 12.1 Å². The van der Waals surface area contributed by atoms with Crippen molar-refractivity contribution in [2.45, 2.75) is 12.6 Å². The van der Waals surface area contributed by atoms with Crippen molar-refractivity contribution in [1.29, 1.82) is 0 Å². The topological polar surface area (TPSA) is 30.2 Å². The Labute approximate surface area is 101 Å². The van der Waals surface area contributed by atoms with E-state index in [1.54, 1.807) is 0 Å². The van der Waals surface area contributed by atoms with Crippen LogP contribution in [0.5, 0.6) is 0 Å². The number of halogens is 3. The smallest absolute Gasteiger partial charge is 0.416 e. The molecule has 0 amide bonds. The molecule has 1 heterocycles. The number of carbonyl (C=O) groups excluding carboxylic acids is 1. The molecule has 0 unspecified atom stereocenters. The van der Waals surface area contributed by atoms with Crippen LogP contribution in [0.2, 0.25) is 0 Å². The van der Waals surface area contributed by atoms with Gasteiger partial charge in [0.25, 0.3) is 0 Å². The summed E-state index contributed by atoms with van der Waals surface area (Å²) in [5.74, 6) is -0.191. The van der Waals surface area contributed by atoms with E-state index in [1.807, 2.05) is 0 Å². The molecule has 0 saturated carbocycles. The van der Waals surface area contributed by atoms with Crippen molar-refractivity contribution in [3.63, 3.8) is 0 Å². The van der Waals surface area contributed by atoms with Crippen LogP contribution in [-0.4, -0.2) is 5.78 Å². The molecular formula is C13H9F3O2. The maximum atomic E-state index is 12.3. The van der Waals surface area contributed by atoms with Gasteiger partial charge in [0.1, 0.15) is 6.26 Å². The van der Waals surface area contributed by atoms with Gasteiger partial charge in [-0.15, -0.1) is 0 Å². The van der Waals surface area contributed by atoms with E-state index < -0.39 is 11.7 Å². The quantitative estimate of drug-likeness (QED) is 0.781. The minimum absolute atomic E-state index is 0.0532. The van der Waals surface area contributed by atoms with Crippen molar-refractivity contribution >= 4 is 5.78 Å². The van der Waals surface area contributed by atoms with Gasteiger partial charge in [-0.25, -0.2) is 0 Å². The molecule has 0 fully saturated rings. The zero-order valence-corrected chi connectivity index (χ0v) is 9.20. The summed E-state index contributed by atoms with van der Waals surface area (Å²) < 4.78 is 41.7. The molecule has 2 nitrogen and oxygen atoms in total. The minimum atomic E-state index is -4.35. The summed E-state index contributed by atoms with van der Waals surface area (Å²) in [5.41, 5.74) is 0.228. The molecule has 5 heteroatoms. The monoisotopic (exact) mass is 254 g/mol. The first-order valence-corrected chi connectivity index (χ1v) is 5.18. The summed E-state index contributed by atoms with van der Waals surface area (Å²) in [6, 6.07) is 6.07. The van der Waals surface area contributed by atoms with E-state index in [-0.39, 0.29) is 12.2 Å². The molecule has 0 aliphatic heterocycles. The van der Waals surface area contributed by atoms with Crippen molar-refractivity contribution in [2.24, 2.45) is 0 Å². The largest absolute Gasteiger partial charge is 0.472 e. The van der Waals surface area contributed by atoms with Crippen LogP contribution in [0.15, 0.2) is 47.3 Å². The third-order valence-corrected chi connectivity index (χ3v) is 2.49. The molecule has 0 bridgehead atoms. The van der Waals surface area contributed by atoms with Crippen LogP contribution in [0.25, 0.3) is 0 Å². The highest BCUT2D eigenvalue weighted by atomic mass is 19.4. The zero-order chi connectivity index (χ0) is 13.2. The van der Waals surface area contributed by atoms with E-state index in [1.165, 1.54) is 30.7 Å². The average molecular weight is 254 g/mol. The lowest BCUT2D eigenvalue weighted by atomic mass is 10.0. The van der Waals surface area contributed by atoms with Gasteiger partial charge in [0, 0.05) is 6.42 Å². The molecule has 1 aromatic carbocycles. The van der Waals surface area contributed by atoms with Crippen LogP contribution in [0, 0.1) is 0 Å². The van der Waals surface area contributed by atoms with E-state index in [4.69, 9.17) is 4.42 Å². The number of hydrogen-bond donors (Lipinski definition) is 0. The lowest BCUT2D eigenvalue weighted by Gasteiger charge is -2.07. The predicted molar refractivity (Wildman–Crippen MR) is 58.2 cm³/mol. The second-order valence-electron chi connectivity index (χ2n) is 3.81. The van der Waals surface area contributed by atoms with Crippen LogP contribution < -0.4 is 0 Å². The lowest BCUT2D eigenvalue weighted by Crippen LogP contribution is -2.06. The normalized spacial score (nSPS) is 11.5. The van der Waals surface area contributed by atoms with Crippen molar-refractivity contribution in [3.05, 3.63) is 59.5 Å². The van der Waals surface area contributed by atoms with Crippen molar-refractivity contribution in [2.75, 3.05) is 0 Å². The molecule has 0 aliphatic rings. The average Bonchev–Trinajstić information content (AvgIpc) is 2.82. The Morgan fingerprint density at radius 2 is 1.78 bits per heavy atom. The highest BCUT2D eigenvalue weighted by Gasteiger charge is 2.29. The Balaban J connectivity index is 2.09. The third-order valence-electron chi connectivity index (χ3n) is 2.49. The summed E-state index contributed by atoms with van der Waals surface area (Å²) in [4.78, 5) is 11.7. The number of rotatable bonds is 3. The Bertz CT molecular complexity index is 524. The van der Waals surface area contributed by atoms with E-state index in [2.05, 4.69) is 0 Å². The summed E-state index contributed by atoms with van der Waals surface area (Å²) in [6.45, 7) is 0. The molecule has 2 rings (SSSR count). The summed E-state index contributed by atoms with van der Waals surface area (Å²) in [7, 11) is 0. The second-order valence-corrected chi connectivity index (χ2v) is 3.81. The summed E-state index contributed by atoms with van der Waals surface area (Å²) in [5, 5.41) is 0. The fourth-order valence-corrected chi connectivity index (χ4v) is 1.52. The van der Waals surface area contributed by atoms with Crippen LogP contribution in [-0.2, 0) is 12.6 Å². The van der Waals surface area contributed by atoms with Gasteiger partial charge in [0.05, 0.1) is 17.4 Å². The first kappa shape index (κ1) is 12.4. The highest BCUT2D eigenvalue weighted by molar-refractivity contribution is 5.97. The molecule has 0 saturated heterocycles. The molecule has 0 radical (unpaired) electrons. The van der Waals surface area contributed by atoms with Crippen LogP contribution in [0.4, 0.5) is 13.2 Å². The number of ketones is 1. The molecule has 1 aromatic heterocycles. The van der Waals surface area contributed by atoms with Crippen molar-refractivity contribution in [3.8, 4) is 0 Å². The van der Waals surface area contributed by atoms with Crippen LogP contribution in [0.1, 0.15) is 21.5 Å². The highest BCUT2D eigenvalue weighted by Crippen LogP contribution is 2.29. The molecule has 0 atom stereocenters. The lowest BCUT2D eigenvalue weighted by molar-refractivity contribution is -0.137. The summed E-state index contributed by atoms with van der Waals surface area (Å²) in [6.07, 6.45) is -1.61. The van der Waals surface area contributed by atoms with Crippen LogP contribution in [0.3, 0.4) is 0 Å². The predicted octanol–water partition coefficient (Wildman–Crippen LogP) is 3.72. The fourth-order valence-electron chi connectivity index (χ4n) is 1.52. The standard InChI is InChI=1S/C13H9F3O2/c14-13(15,16)11-3-1-9(2-4-11)7-12(17)10-5-6-18-8-10/h1-6,8H,7H2. The molecule has 0 aliphatic carbocycles. The Morgan fingerprint density at radius 3 is 2.28 bits per heavy atom. The molecule has 2 aromatic rings. The third kappa shape index (κ3) is 2.80. The van der Waals surface area contributed by atoms with Crippen LogP contribution >= 0.6 is 0 Å². The molecular weight excluding hydrogens is 245 g/mol. The minimum Gasteiger partial charge on any atom is -0.472 e.